The van der Waals surface area contributed by atoms with Crippen LogP contribution in [0, 0.1) is 20.8 Å². The first-order chi connectivity index (χ1) is 20.7. The van der Waals surface area contributed by atoms with Crippen LogP contribution in [-0.2, 0) is 29.7 Å². The monoisotopic (exact) mass is 597 g/mol. The van der Waals surface area contributed by atoms with E-state index in [9.17, 15) is 4.79 Å². The molecule has 0 spiro atoms. The molecule has 0 radical (unpaired) electrons. The van der Waals surface area contributed by atoms with Crippen molar-refractivity contribution in [3.63, 3.8) is 0 Å². The Labute approximate surface area is 256 Å². The summed E-state index contributed by atoms with van der Waals surface area (Å²) in [6.07, 6.45) is 1.26. The molecule has 5 aromatic rings. The predicted molar refractivity (Wildman–Crippen MR) is 171 cm³/mol. The van der Waals surface area contributed by atoms with Gasteiger partial charge in [-0.1, -0.05) is 24.3 Å². The summed E-state index contributed by atoms with van der Waals surface area (Å²) in [7, 11) is 1.92. The number of esters is 1. The number of hydrogen-bond donors (Lipinski definition) is 0. The molecule has 224 valence electrons. The minimum atomic E-state index is -0.204. The highest BCUT2D eigenvalue weighted by Crippen LogP contribution is 2.39. The van der Waals surface area contributed by atoms with Gasteiger partial charge in [-0.2, -0.15) is 0 Å². The van der Waals surface area contributed by atoms with Crippen LogP contribution in [0.2, 0.25) is 0 Å². The molecule has 2 atom stereocenters. The minimum Gasteiger partial charge on any atom is -0.487 e. The van der Waals surface area contributed by atoms with E-state index in [1.807, 2.05) is 31.6 Å². The Balaban J connectivity index is 1.44. The van der Waals surface area contributed by atoms with Crippen molar-refractivity contribution in [1.29, 1.82) is 0 Å². The molecule has 1 aliphatic heterocycles. The molecule has 0 N–H and O–H groups in total. The number of carbonyl (C=O) groups is 1. The second-order valence-corrected chi connectivity index (χ2v) is 12.5. The van der Waals surface area contributed by atoms with Crippen molar-refractivity contribution in [2.24, 2.45) is 7.05 Å². The van der Waals surface area contributed by atoms with E-state index < -0.39 is 0 Å². The van der Waals surface area contributed by atoms with Crippen LogP contribution in [0.5, 0.6) is 5.75 Å². The van der Waals surface area contributed by atoms with E-state index in [4.69, 9.17) is 14.5 Å². The summed E-state index contributed by atoms with van der Waals surface area (Å²) in [6.45, 7) is 12.9. The lowest BCUT2D eigenvalue weighted by molar-refractivity contribution is -0.143. The Kier molecular flexibility index (Phi) is 8.20. The maximum absolute atomic E-state index is 13.0. The van der Waals surface area contributed by atoms with Gasteiger partial charge in [0, 0.05) is 43.0 Å². The van der Waals surface area contributed by atoms with Crippen LogP contribution < -0.4 is 4.74 Å². The largest absolute Gasteiger partial charge is 0.487 e. The fourth-order valence-electron chi connectivity index (χ4n) is 6.43. The van der Waals surface area contributed by atoms with Gasteiger partial charge in [0.25, 0.3) is 0 Å². The Morgan fingerprint density at radius 3 is 2.79 bits per heavy atom. The van der Waals surface area contributed by atoms with Crippen LogP contribution in [-0.4, -0.2) is 50.1 Å². The number of nitrogens with zero attached hydrogens (tertiary/aromatic N) is 5. The molecule has 0 amide bonds. The van der Waals surface area contributed by atoms with Crippen molar-refractivity contribution in [2.75, 3.05) is 13.2 Å². The molecule has 8 nitrogen and oxygen atoms in total. The van der Waals surface area contributed by atoms with E-state index in [1.165, 1.54) is 15.6 Å². The molecule has 2 aromatic carbocycles. The van der Waals surface area contributed by atoms with Crippen LogP contribution in [0.1, 0.15) is 71.8 Å². The summed E-state index contributed by atoms with van der Waals surface area (Å²) in [5, 5.41) is 12.1. The first-order valence-corrected chi connectivity index (χ1v) is 15.9. The van der Waals surface area contributed by atoms with E-state index in [2.05, 4.69) is 71.7 Å². The second kappa shape index (κ2) is 12.1. The fraction of sp³-hybridized carbons (Fsp3) is 0.412. The van der Waals surface area contributed by atoms with E-state index in [0.29, 0.717) is 6.61 Å². The quantitative estimate of drug-likeness (QED) is 0.183. The topological polar surface area (TPSA) is 82.4 Å². The van der Waals surface area contributed by atoms with Gasteiger partial charge in [-0.3, -0.25) is 14.7 Å². The zero-order valence-corrected chi connectivity index (χ0v) is 26.6. The van der Waals surface area contributed by atoms with Crippen LogP contribution in [0.4, 0.5) is 0 Å². The highest BCUT2D eigenvalue weighted by Gasteiger charge is 2.27. The smallest absolute Gasteiger partial charge is 0.306 e. The average molecular weight is 598 g/mol. The number of aryl methyl sites for hydroxylation is 4. The van der Waals surface area contributed by atoms with Gasteiger partial charge in [0.15, 0.2) is 0 Å². The first kappa shape index (κ1) is 29.3. The number of fused-ring (bicyclic) bond motifs is 3. The van der Waals surface area contributed by atoms with Gasteiger partial charge in [-0.05, 0) is 97.0 Å². The van der Waals surface area contributed by atoms with Gasteiger partial charge in [0.05, 0.1) is 24.2 Å². The molecule has 1 aliphatic rings. The molecule has 0 aliphatic carbocycles. The highest BCUT2D eigenvalue weighted by atomic mass is 32.1. The number of ether oxygens (including phenoxy) is 2. The number of benzene rings is 2. The zero-order valence-electron chi connectivity index (χ0n) is 25.8. The standard InChI is InChI=1S/C34H39N5O3S/c1-7-26-18-39(19-29-30(42-26)10-9-21(4)35-29)17-25-15-24(14-23-11-12-43-34(23)25)28(16-31(40)41-8-2)27-13-20(3)33-32(22(27)5)36-37-38(33)6/h9-15,26,28H,7-8,16-19H2,1-6H3/t26-,28?/m1/s1. The second-order valence-electron chi connectivity index (χ2n) is 11.6. The molecule has 43 heavy (non-hydrogen) atoms. The predicted octanol–water partition coefficient (Wildman–Crippen LogP) is 6.76. The fourth-order valence-corrected chi connectivity index (χ4v) is 7.32. The first-order valence-electron chi connectivity index (χ1n) is 15.1. The van der Waals surface area contributed by atoms with Crippen LogP contribution in [0.15, 0.2) is 41.8 Å². The maximum atomic E-state index is 13.0. The SMILES string of the molecule is CCOC(=O)CC(c1cc(CN2Cc3nc(C)ccc3O[C@H](CC)C2)c2sccc2c1)c1cc(C)c2c(nnn2C)c1C. The van der Waals surface area contributed by atoms with Gasteiger partial charge >= 0.3 is 5.97 Å². The van der Waals surface area contributed by atoms with Crippen molar-refractivity contribution in [3.05, 3.63) is 81.0 Å². The van der Waals surface area contributed by atoms with Gasteiger partial charge < -0.3 is 9.47 Å². The van der Waals surface area contributed by atoms with Crippen molar-refractivity contribution in [1.82, 2.24) is 24.9 Å². The average Bonchev–Trinajstić information content (AvgIpc) is 3.57. The molecule has 0 saturated heterocycles. The molecule has 0 bridgehead atoms. The molecule has 1 unspecified atom stereocenters. The molecule has 0 fully saturated rings. The Bertz CT molecular complexity index is 1810. The normalized spacial score (nSPS) is 16.2. The molecule has 3 aromatic heterocycles. The summed E-state index contributed by atoms with van der Waals surface area (Å²) in [4.78, 5) is 20.3. The molecular weight excluding hydrogens is 558 g/mol. The number of aromatic nitrogens is 4. The lowest BCUT2D eigenvalue weighted by Crippen LogP contribution is -2.32. The van der Waals surface area contributed by atoms with Crippen LogP contribution >= 0.6 is 11.3 Å². The van der Waals surface area contributed by atoms with Crippen molar-refractivity contribution < 1.29 is 14.3 Å². The summed E-state index contributed by atoms with van der Waals surface area (Å²) in [5.74, 6) is 0.493. The Morgan fingerprint density at radius 1 is 1.16 bits per heavy atom. The minimum absolute atomic E-state index is 0.0914. The summed E-state index contributed by atoms with van der Waals surface area (Å²) >= 11 is 1.76. The maximum Gasteiger partial charge on any atom is 0.306 e. The van der Waals surface area contributed by atoms with E-state index in [0.717, 1.165) is 76.5 Å². The van der Waals surface area contributed by atoms with Gasteiger partial charge in [0.1, 0.15) is 17.4 Å². The lowest BCUT2D eigenvalue weighted by Gasteiger charge is -2.25. The molecule has 4 heterocycles. The van der Waals surface area contributed by atoms with Crippen molar-refractivity contribution in [3.8, 4) is 5.75 Å². The summed E-state index contributed by atoms with van der Waals surface area (Å²) in [6, 6.07) is 13.0. The number of rotatable bonds is 8. The molecule has 0 saturated carbocycles. The third-order valence-electron chi connectivity index (χ3n) is 8.51. The van der Waals surface area contributed by atoms with E-state index in [1.54, 1.807) is 11.3 Å². The Morgan fingerprint density at radius 2 is 2.00 bits per heavy atom. The third kappa shape index (κ3) is 5.76. The van der Waals surface area contributed by atoms with Gasteiger partial charge in [-0.25, -0.2) is 4.68 Å². The summed E-state index contributed by atoms with van der Waals surface area (Å²) < 4.78 is 15.0. The Hall–Kier alpha value is -3.82. The molecule has 9 heteroatoms. The van der Waals surface area contributed by atoms with Crippen LogP contribution in [0.3, 0.4) is 0 Å². The van der Waals surface area contributed by atoms with Gasteiger partial charge in [0.2, 0.25) is 0 Å². The zero-order chi connectivity index (χ0) is 30.2. The summed E-state index contributed by atoms with van der Waals surface area (Å²) in [5.41, 5.74) is 9.44. The van der Waals surface area contributed by atoms with E-state index >= 15 is 0 Å². The molecular formula is C34H39N5O3S. The number of thiophene rings is 1. The number of hydrogen-bond acceptors (Lipinski definition) is 8. The highest BCUT2D eigenvalue weighted by molar-refractivity contribution is 7.17. The third-order valence-corrected chi connectivity index (χ3v) is 9.52. The van der Waals surface area contributed by atoms with Crippen LogP contribution in [0.25, 0.3) is 21.1 Å². The van der Waals surface area contributed by atoms with Gasteiger partial charge in [-0.15, -0.1) is 16.4 Å². The number of pyridine rings is 1. The lowest BCUT2D eigenvalue weighted by atomic mass is 9.83. The molecule has 6 rings (SSSR count). The van der Waals surface area contributed by atoms with Crippen molar-refractivity contribution in [2.45, 2.75) is 72.6 Å². The van der Waals surface area contributed by atoms with Crippen molar-refractivity contribution >= 4 is 38.4 Å². The van der Waals surface area contributed by atoms with E-state index in [-0.39, 0.29) is 24.4 Å². The number of carbonyl (C=O) groups excluding carboxylic acids is 1.